The number of primary amides is 1. The Hall–Kier alpha value is -1.95. The molecular weight excluding hydrogens is 335 g/mol. The van der Waals surface area contributed by atoms with Crippen molar-refractivity contribution in [2.24, 2.45) is 11.7 Å². The number of fused-ring (bicyclic) bond motifs is 1. The average molecular weight is 362 g/mol. The Morgan fingerprint density at radius 2 is 1.88 bits per heavy atom. The Bertz CT molecular complexity index is 634. The molecule has 2 N–H and O–H groups in total. The summed E-state index contributed by atoms with van der Waals surface area (Å²) in [5, 5.41) is 0. The molecule has 26 heavy (non-hydrogen) atoms. The van der Waals surface area contributed by atoms with Crippen molar-refractivity contribution in [2.75, 3.05) is 13.1 Å². The number of hydrogen-bond acceptors (Lipinski definition) is 4. The molecule has 1 saturated carbocycles. The van der Waals surface area contributed by atoms with Gasteiger partial charge in [-0.05, 0) is 56.5 Å². The number of rotatable bonds is 6. The smallest absolute Gasteiger partial charge is 0.404 e. The first-order valence-electron chi connectivity index (χ1n) is 9.53. The number of nitrogens with zero attached hydrogens (tertiary/aromatic N) is 1. The normalized spacial score (nSPS) is 26.1. The Morgan fingerprint density at radius 3 is 2.62 bits per heavy atom. The van der Waals surface area contributed by atoms with Crippen molar-refractivity contribution in [1.29, 1.82) is 0 Å². The second kappa shape index (κ2) is 8.62. The molecule has 6 heteroatoms. The maximum Gasteiger partial charge on any atom is 0.404 e. The number of amides is 1. The van der Waals surface area contributed by atoms with Gasteiger partial charge in [0.05, 0.1) is 0 Å². The van der Waals surface area contributed by atoms with E-state index in [1.807, 2.05) is 0 Å². The zero-order valence-electron chi connectivity index (χ0n) is 15.0. The average Bonchev–Trinajstić information content (AvgIpc) is 2.63. The molecule has 0 aromatic heterocycles. The summed E-state index contributed by atoms with van der Waals surface area (Å²) in [4.78, 5) is 25.8. The van der Waals surface area contributed by atoms with Crippen molar-refractivity contribution >= 4 is 11.9 Å². The number of likely N-dealkylation sites (tertiary alicyclic amines) is 1. The van der Waals surface area contributed by atoms with Crippen LogP contribution in [0.2, 0.25) is 0 Å². The molecule has 2 fully saturated rings. The van der Waals surface area contributed by atoms with Crippen molar-refractivity contribution in [3.8, 4) is 0 Å². The summed E-state index contributed by atoms with van der Waals surface area (Å²) in [7, 11) is 0. The fraction of sp³-hybridized carbons (Fsp3) is 0.600. The number of ether oxygens (including phenoxy) is 1. The number of carbonyl (C=O) groups excluding carboxylic acids is 2. The quantitative estimate of drug-likeness (QED) is 0.786. The minimum absolute atomic E-state index is 0.0529. The van der Waals surface area contributed by atoms with Crippen molar-refractivity contribution in [3.05, 3.63) is 35.6 Å². The third-order valence-corrected chi connectivity index (χ3v) is 5.71. The van der Waals surface area contributed by atoms with Crippen LogP contribution in [-0.4, -0.2) is 42.0 Å². The fourth-order valence-electron chi connectivity index (χ4n) is 4.50. The van der Waals surface area contributed by atoms with Gasteiger partial charge in [-0.3, -0.25) is 9.69 Å². The lowest BCUT2D eigenvalue weighted by Gasteiger charge is -2.47. The van der Waals surface area contributed by atoms with Crippen molar-refractivity contribution < 1.29 is 18.7 Å². The van der Waals surface area contributed by atoms with Crippen LogP contribution in [-0.2, 0) is 4.74 Å². The number of halogens is 1. The van der Waals surface area contributed by atoms with E-state index in [0.29, 0.717) is 23.9 Å². The summed E-state index contributed by atoms with van der Waals surface area (Å²) in [6.07, 6.45) is 5.81. The van der Waals surface area contributed by atoms with Crippen molar-refractivity contribution in [3.63, 3.8) is 0 Å². The van der Waals surface area contributed by atoms with Gasteiger partial charge in [0, 0.05) is 30.5 Å². The lowest BCUT2D eigenvalue weighted by atomic mass is 9.76. The zero-order valence-corrected chi connectivity index (χ0v) is 15.0. The van der Waals surface area contributed by atoms with Crippen molar-refractivity contribution in [2.45, 2.75) is 57.1 Å². The van der Waals surface area contributed by atoms with Gasteiger partial charge in [-0.15, -0.1) is 0 Å². The standard InChI is InChI=1S/C20H27FN2O3/c21-15-9-7-14(8-10-15)18(24)6-3-12-23-13-11-19(26-20(22)25)16-4-1-2-5-17(16)23/h7-10,16-17,19H,1-6,11-13H2,(H2,22,25)/t16-,17+,19-/m1/s1. The number of hydrogen-bond donors (Lipinski definition) is 1. The highest BCUT2D eigenvalue weighted by atomic mass is 19.1. The van der Waals surface area contributed by atoms with E-state index in [-0.39, 0.29) is 17.7 Å². The number of carbonyl (C=O) groups is 2. The molecule has 1 aliphatic heterocycles. The molecule has 1 saturated heterocycles. The van der Waals surface area contributed by atoms with Gasteiger partial charge in [0.25, 0.3) is 0 Å². The van der Waals surface area contributed by atoms with Crippen LogP contribution in [0, 0.1) is 11.7 Å². The number of piperidine rings is 1. The monoisotopic (exact) mass is 362 g/mol. The first kappa shape index (κ1) is 18.8. The van der Waals surface area contributed by atoms with Crippen LogP contribution in [0.15, 0.2) is 24.3 Å². The van der Waals surface area contributed by atoms with Crippen molar-refractivity contribution in [1.82, 2.24) is 4.90 Å². The van der Waals surface area contributed by atoms with Gasteiger partial charge in [0.15, 0.2) is 5.78 Å². The fourth-order valence-corrected chi connectivity index (χ4v) is 4.50. The van der Waals surface area contributed by atoms with Gasteiger partial charge in [-0.2, -0.15) is 0 Å². The maximum absolute atomic E-state index is 13.0. The third-order valence-electron chi connectivity index (χ3n) is 5.71. The molecule has 1 amide bonds. The molecule has 1 aliphatic carbocycles. The van der Waals surface area contributed by atoms with E-state index in [9.17, 15) is 14.0 Å². The highest BCUT2D eigenvalue weighted by molar-refractivity contribution is 5.95. The molecule has 142 valence electrons. The molecule has 0 bridgehead atoms. The van der Waals surface area contributed by atoms with E-state index in [4.69, 9.17) is 10.5 Å². The first-order chi connectivity index (χ1) is 12.5. The Labute approximate surface area is 153 Å². The molecule has 1 aromatic rings. The number of benzene rings is 1. The van der Waals surface area contributed by atoms with E-state index in [2.05, 4.69) is 4.90 Å². The van der Waals surface area contributed by atoms with Crippen LogP contribution < -0.4 is 5.73 Å². The molecule has 2 aliphatic rings. The molecule has 3 atom stereocenters. The Balaban J connectivity index is 1.52. The summed E-state index contributed by atoms with van der Waals surface area (Å²) in [6.45, 7) is 1.72. The van der Waals surface area contributed by atoms with Gasteiger partial charge >= 0.3 is 6.09 Å². The summed E-state index contributed by atoms with van der Waals surface area (Å²) >= 11 is 0. The predicted octanol–water partition coefficient (Wildman–Crippen LogP) is 3.52. The SMILES string of the molecule is NC(=O)O[C@@H]1CCN(CCCC(=O)c2ccc(F)cc2)[C@H]2CCCC[C@@H]12. The molecule has 5 nitrogen and oxygen atoms in total. The minimum Gasteiger partial charge on any atom is -0.446 e. The highest BCUT2D eigenvalue weighted by Crippen LogP contribution is 2.37. The van der Waals surface area contributed by atoms with Gasteiger partial charge < -0.3 is 10.5 Å². The minimum atomic E-state index is -0.683. The lowest BCUT2D eigenvalue weighted by molar-refractivity contribution is -0.0416. The zero-order chi connectivity index (χ0) is 18.5. The molecule has 1 aromatic carbocycles. The largest absolute Gasteiger partial charge is 0.446 e. The van der Waals surface area contributed by atoms with Gasteiger partial charge in [0.2, 0.25) is 0 Å². The van der Waals surface area contributed by atoms with Crippen LogP contribution in [0.5, 0.6) is 0 Å². The van der Waals surface area contributed by atoms with E-state index in [1.165, 1.54) is 18.6 Å². The Kier molecular flexibility index (Phi) is 6.25. The van der Waals surface area contributed by atoms with E-state index in [0.717, 1.165) is 45.2 Å². The maximum atomic E-state index is 13.0. The van der Waals surface area contributed by atoms with Crippen LogP contribution in [0.25, 0.3) is 0 Å². The number of Topliss-reactive ketones (excluding diaryl/α,β-unsaturated/α-hetero) is 1. The first-order valence-corrected chi connectivity index (χ1v) is 9.53. The summed E-state index contributed by atoms with van der Waals surface area (Å²) in [5.41, 5.74) is 5.79. The molecule has 3 rings (SSSR count). The second-order valence-corrected chi connectivity index (χ2v) is 7.35. The lowest BCUT2D eigenvalue weighted by Crippen LogP contribution is -2.54. The molecule has 0 spiro atoms. The number of nitrogens with two attached hydrogens (primary N) is 1. The van der Waals surface area contributed by atoms with Gasteiger partial charge in [-0.25, -0.2) is 9.18 Å². The van der Waals surface area contributed by atoms with E-state index in [1.54, 1.807) is 12.1 Å². The summed E-state index contributed by atoms with van der Waals surface area (Å²) in [6, 6.07) is 6.14. The summed E-state index contributed by atoms with van der Waals surface area (Å²) in [5.74, 6) is 0.0703. The molecule has 1 heterocycles. The molecule has 0 radical (unpaired) electrons. The number of ketones is 1. The molecular formula is C20H27FN2O3. The Morgan fingerprint density at radius 1 is 1.15 bits per heavy atom. The van der Waals surface area contributed by atoms with E-state index < -0.39 is 6.09 Å². The second-order valence-electron chi connectivity index (χ2n) is 7.35. The van der Waals surface area contributed by atoms with Crippen LogP contribution >= 0.6 is 0 Å². The van der Waals surface area contributed by atoms with E-state index >= 15 is 0 Å². The summed E-state index contributed by atoms with van der Waals surface area (Å²) < 4.78 is 18.3. The topological polar surface area (TPSA) is 72.6 Å². The highest BCUT2D eigenvalue weighted by Gasteiger charge is 2.40. The third kappa shape index (κ3) is 4.61. The van der Waals surface area contributed by atoms with Crippen LogP contribution in [0.4, 0.5) is 9.18 Å². The van der Waals surface area contributed by atoms with Gasteiger partial charge in [-0.1, -0.05) is 12.8 Å². The molecule has 0 unspecified atom stereocenters. The van der Waals surface area contributed by atoms with Gasteiger partial charge in [0.1, 0.15) is 11.9 Å². The predicted molar refractivity (Wildman–Crippen MR) is 96.4 cm³/mol. The van der Waals surface area contributed by atoms with Crippen LogP contribution in [0.1, 0.15) is 55.3 Å². The van der Waals surface area contributed by atoms with Crippen LogP contribution in [0.3, 0.4) is 0 Å².